The predicted molar refractivity (Wildman–Crippen MR) is 82.0 cm³/mol. The molecular weight excluding hydrogens is 306 g/mol. The third kappa shape index (κ3) is 4.53. The fourth-order valence-corrected chi connectivity index (χ4v) is 3.06. The zero-order valence-corrected chi connectivity index (χ0v) is 13.3. The highest BCUT2D eigenvalue weighted by Crippen LogP contribution is 2.20. The molecule has 0 aliphatic rings. The third-order valence-corrected chi connectivity index (χ3v) is 4.54. The van der Waals surface area contributed by atoms with Crippen LogP contribution in [-0.2, 0) is 0 Å². The van der Waals surface area contributed by atoms with Crippen LogP contribution in [0.4, 0.5) is 0 Å². The van der Waals surface area contributed by atoms with E-state index in [0.29, 0.717) is 22.9 Å². The van der Waals surface area contributed by atoms with Crippen molar-refractivity contribution >= 4 is 21.8 Å². The molecule has 0 bridgehead atoms. The van der Waals surface area contributed by atoms with Crippen molar-refractivity contribution in [2.24, 2.45) is 5.92 Å². The van der Waals surface area contributed by atoms with Crippen LogP contribution in [0.25, 0.3) is 0 Å². The number of nitrogens with one attached hydrogen (secondary N) is 1. The molecule has 1 atom stereocenters. The number of carbonyl (C=O) groups is 1. The zero-order valence-electron chi connectivity index (χ0n) is 11.7. The summed E-state index contributed by atoms with van der Waals surface area (Å²) in [5.41, 5.74) is 1.40. The number of carbonyl (C=O) groups excluding carboxylic acids is 1. The van der Waals surface area contributed by atoms with Crippen LogP contribution < -0.4 is 5.32 Å². The number of hydrogen-bond donors (Lipinski definition) is 2. The Morgan fingerprint density at radius 3 is 2.53 bits per heavy atom. The average Bonchev–Trinajstić information content (AvgIpc) is 2.37. The number of aromatic hydroxyl groups is 1. The third-order valence-electron chi connectivity index (χ3n) is 3.47. The van der Waals surface area contributed by atoms with E-state index in [1.807, 2.05) is 6.92 Å². The first-order chi connectivity index (χ1) is 8.99. The van der Waals surface area contributed by atoms with Crippen molar-refractivity contribution in [2.45, 2.75) is 38.4 Å². The highest BCUT2D eigenvalue weighted by molar-refractivity contribution is 9.09. The van der Waals surface area contributed by atoms with Gasteiger partial charge in [-0.2, -0.15) is 0 Å². The molecule has 0 aliphatic heterocycles. The fourth-order valence-electron chi connectivity index (χ4n) is 2.15. The van der Waals surface area contributed by atoms with Gasteiger partial charge in [0.15, 0.2) is 0 Å². The first-order valence-electron chi connectivity index (χ1n) is 6.71. The largest absolute Gasteiger partial charge is 0.508 e. The summed E-state index contributed by atoms with van der Waals surface area (Å²) in [5.74, 6) is 0.665. The molecular formula is C15H22BrNO2. The van der Waals surface area contributed by atoms with E-state index in [2.05, 4.69) is 35.1 Å². The summed E-state index contributed by atoms with van der Waals surface area (Å²) in [6.07, 6.45) is 2.20. The average molecular weight is 328 g/mol. The van der Waals surface area contributed by atoms with Gasteiger partial charge in [0, 0.05) is 16.9 Å². The summed E-state index contributed by atoms with van der Waals surface area (Å²) in [7, 11) is 0. The number of phenols is 1. The second-order valence-corrected chi connectivity index (χ2v) is 5.98. The summed E-state index contributed by atoms with van der Waals surface area (Å²) in [4.78, 5) is 12.4. The summed E-state index contributed by atoms with van der Waals surface area (Å²) in [6, 6.07) is 4.79. The Morgan fingerprint density at radius 1 is 1.37 bits per heavy atom. The van der Waals surface area contributed by atoms with Crippen LogP contribution in [-0.4, -0.2) is 22.4 Å². The van der Waals surface area contributed by atoms with Crippen LogP contribution in [0, 0.1) is 12.8 Å². The highest BCUT2D eigenvalue weighted by Gasteiger charge is 2.17. The molecule has 0 aromatic heterocycles. The van der Waals surface area contributed by atoms with Crippen molar-refractivity contribution in [1.29, 1.82) is 0 Å². The topological polar surface area (TPSA) is 49.3 Å². The summed E-state index contributed by atoms with van der Waals surface area (Å²) < 4.78 is 0. The number of rotatable bonds is 6. The Labute approximate surface area is 123 Å². The van der Waals surface area contributed by atoms with Gasteiger partial charge < -0.3 is 10.4 Å². The van der Waals surface area contributed by atoms with Gasteiger partial charge in [-0.1, -0.05) is 42.6 Å². The van der Waals surface area contributed by atoms with Crippen molar-refractivity contribution in [3.63, 3.8) is 0 Å². The molecule has 0 radical (unpaired) electrons. The maximum absolute atomic E-state index is 12.1. The molecule has 3 nitrogen and oxygen atoms in total. The van der Waals surface area contributed by atoms with Gasteiger partial charge in [-0.25, -0.2) is 0 Å². The maximum Gasteiger partial charge on any atom is 0.251 e. The molecule has 0 saturated heterocycles. The normalized spacial score (nSPS) is 12.5. The van der Waals surface area contributed by atoms with Gasteiger partial charge in [-0.15, -0.1) is 0 Å². The number of halogens is 1. The van der Waals surface area contributed by atoms with Gasteiger partial charge in [0.2, 0.25) is 0 Å². The van der Waals surface area contributed by atoms with Crippen molar-refractivity contribution in [1.82, 2.24) is 5.32 Å². The summed E-state index contributed by atoms with van der Waals surface area (Å²) >= 11 is 3.64. The van der Waals surface area contributed by atoms with Gasteiger partial charge in [-0.05, 0) is 36.6 Å². The second kappa shape index (κ2) is 7.53. The van der Waals surface area contributed by atoms with Gasteiger partial charge >= 0.3 is 0 Å². The van der Waals surface area contributed by atoms with Crippen molar-refractivity contribution in [2.75, 3.05) is 6.54 Å². The van der Waals surface area contributed by atoms with Crippen molar-refractivity contribution in [3.05, 3.63) is 29.3 Å². The monoisotopic (exact) mass is 327 g/mol. The molecule has 4 heteroatoms. The number of hydrogen-bond acceptors (Lipinski definition) is 2. The van der Waals surface area contributed by atoms with Crippen LogP contribution in [0.1, 0.15) is 42.6 Å². The van der Waals surface area contributed by atoms with E-state index >= 15 is 0 Å². The minimum absolute atomic E-state index is 0.0899. The molecule has 1 amide bonds. The summed E-state index contributed by atoms with van der Waals surface area (Å²) in [6.45, 7) is 6.76. The van der Waals surface area contributed by atoms with Crippen LogP contribution >= 0.6 is 15.9 Å². The van der Waals surface area contributed by atoms with Crippen molar-refractivity contribution < 1.29 is 9.90 Å². The molecule has 0 fully saturated rings. The molecule has 106 valence electrons. The van der Waals surface area contributed by atoms with E-state index in [9.17, 15) is 9.90 Å². The SMILES string of the molecule is CCC(CC)C(Br)CNC(=O)c1ccc(O)cc1C. The van der Waals surface area contributed by atoms with Gasteiger partial charge in [0.1, 0.15) is 5.75 Å². The highest BCUT2D eigenvalue weighted by atomic mass is 79.9. The van der Waals surface area contributed by atoms with E-state index in [4.69, 9.17) is 0 Å². The quantitative estimate of drug-likeness (QED) is 0.784. The van der Waals surface area contributed by atoms with Crippen LogP contribution in [0.15, 0.2) is 18.2 Å². The lowest BCUT2D eigenvalue weighted by atomic mass is 9.99. The van der Waals surface area contributed by atoms with Gasteiger partial charge in [0.05, 0.1) is 0 Å². The number of phenolic OH excluding ortho intramolecular Hbond substituents is 1. The number of alkyl halides is 1. The first kappa shape index (κ1) is 16.0. The molecule has 1 aromatic rings. The second-order valence-electron chi connectivity index (χ2n) is 4.80. The predicted octanol–water partition coefficient (Wildman–Crippen LogP) is 3.63. The Balaban J connectivity index is 2.60. The number of aryl methyl sites for hydroxylation is 1. The van der Waals surface area contributed by atoms with E-state index in [0.717, 1.165) is 18.4 Å². The molecule has 19 heavy (non-hydrogen) atoms. The Bertz CT molecular complexity index is 430. The molecule has 1 unspecified atom stereocenters. The van der Waals surface area contributed by atoms with E-state index in [1.54, 1.807) is 12.1 Å². The minimum Gasteiger partial charge on any atom is -0.508 e. The van der Waals surface area contributed by atoms with Crippen LogP contribution in [0.3, 0.4) is 0 Å². The fraction of sp³-hybridized carbons (Fsp3) is 0.533. The maximum atomic E-state index is 12.1. The minimum atomic E-state index is -0.0899. The van der Waals surface area contributed by atoms with E-state index in [1.165, 1.54) is 6.07 Å². The molecule has 1 rings (SSSR count). The lowest BCUT2D eigenvalue weighted by Crippen LogP contribution is -2.33. The number of amides is 1. The molecule has 1 aromatic carbocycles. The zero-order chi connectivity index (χ0) is 14.4. The molecule has 0 saturated carbocycles. The van der Waals surface area contributed by atoms with Crippen LogP contribution in [0.5, 0.6) is 5.75 Å². The Morgan fingerprint density at radius 2 is 2.00 bits per heavy atom. The first-order valence-corrected chi connectivity index (χ1v) is 7.63. The molecule has 2 N–H and O–H groups in total. The van der Waals surface area contributed by atoms with E-state index in [-0.39, 0.29) is 11.7 Å². The summed E-state index contributed by atoms with van der Waals surface area (Å²) in [5, 5.41) is 12.3. The van der Waals surface area contributed by atoms with Crippen LogP contribution in [0.2, 0.25) is 0 Å². The lowest BCUT2D eigenvalue weighted by Gasteiger charge is -2.20. The van der Waals surface area contributed by atoms with Crippen molar-refractivity contribution in [3.8, 4) is 5.75 Å². The Kier molecular flexibility index (Phi) is 6.35. The van der Waals surface area contributed by atoms with E-state index < -0.39 is 0 Å². The molecule has 0 heterocycles. The lowest BCUT2D eigenvalue weighted by molar-refractivity contribution is 0.0951. The Hall–Kier alpha value is -1.03. The van der Waals surface area contributed by atoms with Gasteiger partial charge in [0.25, 0.3) is 5.91 Å². The smallest absolute Gasteiger partial charge is 0.251 e. The van der Waals surface area contributed by atoms with Gasteiger partial charge in [-0.3, -0.25) is 4.79 Å². The molecule has 0 aliphatic carbocycles. The standard InChI is InChI=1S/C15H22BrNO2/c1-4-11(5-2)14(16)9-17-15(19)13-7-6-12(18)8-10(13)3/h6-8,11,14,18H,4-5,9H2,1-3H3,(H,17,19). The molecule has 0 spiro atoms. The number of benzene rings is 1.